The van der Waals surface area contributed by atoms with Gasteiger partial charge in [-0.15, -0.1) is 0 Å². The van der Waals surface area contributed by atoms with Crippen LogP contribution in [0.1, 0.15) is 6.92 Å². The number of ether oxygens (including phenoxy) is 3. The molecular formula is C9H18O7. The number of aliphatic hydroxyl groups is 4. The second-order valence-electron chi connectivity index (χ2n) is 3.47. The van der Waals surface area contributed by atoms with Crippen molar-refractivity contribution in [1.29, 1.82) is 0 Å². The molecule has 0 unspecified atom stereocenters. The van der Waals surface area contributed by atoms with Crippen LogP contribution in [0.5, 0.6) is 0 Å². The van der Waals surface area contributed by atoms with E-state index in [1.807, 2.05) is 0 Å². The van der Waals surface area contributed by atoms with Gasteiger partial charge in [0.15, 0.2) is 6.29 Å². The van der Waals surface area contributed by atoms with Crippen LogP contribution in [-0.4, -0.2) is 71.1 Å². The lowest BCUT2D eigenvalue weighted by Gasteiger charge is -2.39. The van der Waals surface area contributed by atoms with Gasteiger partial charge in [0.2, 0.25) is 0 Å². The Morgan fingerprint density at radius 2 is 1.88 bits per heavy atom. The minimum Gasteiger partial charge on any atom is -0.394 e. The van der Waals surface area contributed by atoms with E-state index < -0.39 is 37.3 Å². The van der Waals surface area contributed by atoms with Gasteiger partial charge in [-0.1, -0.05) is 0 Å². The van der Waals surface area contributed by atoms with Gasteiger partial charge in [0, 0.05) is 6.61 Å². The molecule has 0 saturated carbocycles. The molecule has 1 heterocycles. The Morgan fingerprint density at radius 1 is 1.19 bits per heavy atom. The summed E-state index contributed by atoms with van der Waals surface area (Å²) in [5.41, 5.74) is 0. The second-order valence-corrected chi connectivity index (χ2v) is 3.47. The molecule has 5 atom stereocenters. The maximum absolute atomic E-state index is 9.68. The monoisotopic (exact) mass is 238 g/mol. The van der Waals surface area contributed by atoms with E-state index in [0.29, 0.717) is 6.61 Å². The van der Waals surface area contributed by atoms with E-state index in [1.54, 1.807) is 6.92 Å². The first-order valence-corrected chi connectivity index (χ1v) is 5.11. The summed E-state index contributed by atoms with van der Waals surface area (Å²) in [6.07, 6.45) is -6.12. The fourth-order valence-corrected chi connectivity index (χ4v) is 1.47. The van der Waals surface area contributed by atoms with Gasteiger partial charge in [-0.25, -0.2) is 0 Å². The van der Waals surface area contributed by atoms with Crippen molar-refractivity contribution in [3.63, 3.8) is 0 Å². The molecule has 0 spiro atoms. The van der Waals surface area contributed by atoms with Crippen LogP contribution in [0.2, 0.25) is 0 Å². The number of rotatable bonds is 5. The average Bonchev–Trinajstić information content (AvgIpc) is 2.28. The van der Waals surface area contributed by atoms with E-state index in [2.05, 4.69) is 0 Å². The van der Waals surface area contributed by atoms with Crippen LogP contribution < -0.4 is 0 Å². The minimum absolute atomic E-state index is 0.111. The summed E-state index contributed by atoms with van der Waals surface area (Å²) in [5, 5.41) is 37.4. The van der Waals surface area contributed by atoms with E-state index in [9.17, 15) is 15.3 Å². The summed E-state index contributed by atoms with van der Waals surface area (Å²) >= 11 is 0. The Labute approximate surface area is 93.2 Å². The Bertz CT molecular complexity index is 200. The highest BCUT2D eigenvalue weighted by molar-refractivity contribution is 4.89. The SMILES string of the molecule is CCOCO[C@@H]1[C@H](O)[C@H](O)O[C@H](CO)[C@H]1O. The van der Waals surface area contributed by atoms with Crippen molar-refractivity contribution in [3.8, 4) is 0 Å². The zero-order chi connectivity index (χ0) is 12.1. The molecule has 0 aromatic carbocycles. The van der Waals surface area contributed by atoms with Gasteiger partial charge >= 0.3 is 0 Å². The largest absolute Gasteiger partial charge is 0.394 e. The smallest absolute Gasteiger partial charge is 0.184 e. The Hall–Kier alpha value is -0.280. The third-order valence-electron chi connectivity index (χ3n) is 2.39. The topological polar surface area (TPSA) is 109 Å². The first-order chi connectivity index (χ1) is 7.61. The predicted octanol–water partition coefficient (Wildman–Crippen LogP) is -2.20. The van der Waals surface area contributed by atoms with Crippen LogP contribution in [0.4, 0.5) is 0 Å². The molecule has 7 nitrogen and oxygen atoms in total. The van der Waals surface area contributed by atoms with Crippen LogP contribution >= 0.6 is 0 Å². The maximum atomic E-state index is 9.68. The highest BCUT2D eigenvalue weighted by Gasteiger charge is 2.44. The zero-order valence-electron chi connectivity index (χ0n) is 9.02. The van der Waals surface area contributed by atoms with Gasteiger partial charge in [0.05, 0.1) is 6.61 Å². The molecule has 1 fully saturated rings. The van der Waals surface area contributed by atoms with Crippen molar-refractivity contribution < 1.29 is 34.6 Å². The summed E-state index contributed by atoms with van der Waals surface area (Å²) in [7, 11) is 0. The minimum atomic E-state index is -1.49. The third-order valence-corrected chi connectivity index (χ3v) is 2.39. The molecule has 0 radical (unpaired) electrons. The van der Waals surface area contributed by atoms with Gasteiger partial charge in [-0.05, 0) is 6.92 Å². The molecule has 0 bridgehead atoms. The van der Waals surface area contributed by atoms with E-state index in [4.69, 9.17) is 19.3 Å². The summed E-state index contributed by atoms with van der Waals surface area (Å²) in [6, 6.07) is 0. The molecule has 1 saturated heterocycles. The normalized spacial score (nSPS) is 39.9. The Kier molecular flexibility index (Phi) is 5.56. The molecule has 1 rings (SSSR count). The highest BCUT2D eigenvalue weighted by Crippen LogP contribution is 2.22. The number of aliphatic hydroxyl groups excluding tert-OH is 4. The van der Waals surface area contributed by atoms with Gasteiger partial charge in [-0.3, -0.25) is 0 Å². The van der Waals surface area contributed by atoms with Gasteiger partial charge in [-0.2, -0.15) is 0 Å². The summed E-state index contributed by atoms with van der Waals surface area (Å²) in [6.45, 7) is 1.62. The molecule has 4 N–H and O–H groups in total. The molecule has 1 aliphatic rings. The third kappa shape index (κ3) is 3.11. The van der Waals surface area contributed by atoms with E-state index in [0.717, 1.165) is 0 Å². The molecule has 96 valence electrons. The first-order valence-electron chi connectivity index (χ1n) is 5.11. The predicted molar refractivity (Wildman–Crippen MR) is 51.3 cm³/mol. The molecule has 1 aliphatic heterocycles. The number of hydrogen-bond donors (Lipinski definition) is 4. The van der Waals surface area contributed by atoms with Crippen LogP contribution in [0, 0.1) is 0 Å². The van der Waals surface area contributed by atoms with Crippen LogP contribution in [0.3, 0.4) is 0 Å². The van der Waals surface area contributed by atoms with Crippen molar-refractivity contribution in [1.82, 2.24) is 0 Å². The Morgan fingerprint density at radius 3 is 2.44 bits per heavy atom. The lowest BCUT2D eigenvalue weighted by Crippen LogP contribution is -2.59. The lowest BCUT2D eigenvalue weighted by molar-refractivity contribution is -0.303. The molecule has 7 heteroatoms. The second kappa shape index (κ2) is 6.45. The average molecular weight is 238 g/mol. The fourth-order valence-electron chi connectivity index (χ4n) is 1.47. The van der Waals surface area contributed by atoms with Crippen LogP contribution in [0.15, 0.2) is 0 Å². The molecule has 0 aromatic heterocycles. The van der Waals surface area contributed by atoms with Crippen molar-refractivity contribution in [2.75, 3.05) is 20.0 Å². The molecule has 0 amide bonds. The van der Waals surface area contributed by atoms with Crippen LogP contribution in [-0.2, 0) is 14.2 Å². The van der Waals surface area contributed by atoms with Crippen molar-refractivity contribution >= 4 is 0 Å². The van der Waals surface area contributed by atoms with E-state index in [-0.39, 0.29) is 6.79 Å². The summed E-state index contributed by atoms with van der Waals surface area (Å²) < 4.78 is 14.8. The number of hydrogen-bond acceptors (Lipinski definition) is 7. The van der Waals surface area contributed by atoms with E-state index >= 15 is 0 Å². The van der Waals surface area contributed by atoms with Crippen molar-refractivity contribution in [2.45, 2.75) is 37.6 Å². The maximum Gasteiger partial charge on any atom is 0.184 e. The highest BCUT2D eigenvalue weighted by atomic mass is 16.7. The lowest BCUT2D eigenvalue weighted by atomic mass is 9.99. The quantitative estimate of drug-likeness (QED) is 0.318. The van der Waals surface area contributed by atoms with E-state index in [1.165, 1.54) is 0 Å². The molecule has 16 heavy (non-hydrogen) atoms. The molecule has 0 aliphatic carbocycles. The molecular weight excluding hydrogens is 220 g/mol. The van der Waals surface area contributed by atoms with Gasteiger partial charge in [0.25, 0.3) is 0 Å². The van der Waals surface area contributed by atoms with Gasteiger partial charge < -0.3 is 34.6 Å². The first kappa shape index (κ1) is 13.8. The zero-order valence-corrected chi connectivity index (χ0v) is 9.02. The van der Waals surface area contributed by atoms with Crippen LogP contribution in [0.25, 0.3) is 0 Å². The summed E-state index contributed by atoms with van der Waals surface area (Å²) in [5.74, 6) is 0. The van der Waals surface area contributed by atoms with Crippen molar-refractivity contribution in [3.05, 3.63) is 0 Å². The van der Waals surface area contributed by atoms with Crippen molar-refractivity contribution in [2.24, 2.45) is 0 Å². The summed E-state index contributed by atoms with van der Waals surface area (Å²) in [4.78, 5) is 0. The molecule has 0 aromatic rings. The fraction of sp³-hybridized carbons (Fsp3) is 1.00. The standard InChI is InChI=1S/C9H18O7/c1-2-14-4-15-8-6(11)5(3-10)16-9(13)7(8)12/h5-13H,2-4H2,1H3/t5-,6-,7+,8+,9-/m1/s1. The van der Waals surface area contributed by atoms with Gasteiger partial charge in [0.1, 0.15) is 31.2 Å². The Balaban J connectivity index is 2.55.